The number of likely N-dealkylation sites (tertiary alicyclic amines) is 1. The Morgan fingerprint density at radius 2 is 2.00 bits per heavy atom. The van der Waals surface area contributed by atoms with Crippen LogP contribution in [0, 0.1) is 12.8 Å². The molecule has 1 heterocycles. The summed E-state index contributed by atoms with van der Waals surface area (Å²) in [6.07, 6.45) is 0.936. The van der Waals surface area contributed by atoms with E-state index in [-0.39, 0.29) is 24.9 Å². The zero-order chi connectivity index (χ0) is 15.4. The topological polar surface area (TPSA) is 66.8 Å². The van der Waals surface area contributed by atoms with Gasteiger partial charge in [0.05, 0.1) is 13.0 Å². The highest BCUT2D eigenvalue weighted by Gasteiger charge is 2.39. The minimum Gasteiger partial charge on any atom is -0.493 e. The van der Waals surface area contributed by atoms with Gasteiger partial charge in [0.1, 0.15) is 11.8 Å². The van der Waals surface area contributed by atoms with Crippen LogP contribution < -0.4 is 4.74 Å². The summed E-state index contributed by atoms with van der Waals surface area (Å²) in [6, 6.07) is 6.91. The maximum atomic E-state index is 12.1. The molecule has 1 aromatic rings. The van der Waals surface area contributed by atoms with Gasteiger partial charge < -0.3 is 14.7 Å². The van der Waals surface area contributed by atoms with Gasteiger partial charge >= 0.3 is 5.97 Å². The summed E-state index contributed by atoms with van der Waals surface area (Å²) in [4.78, 5) is 24.8. The van der Waals surface area contributed by atoms with Crippen molar-refractivity contribution in [1.29, 1.82) is 0 Å². The number of hydrogen-bond donors (Lipinski definition) is 1. The molecule has 0 aliphatic carbocycles. The predicted molar refractivity (Wildman–Crippen MR) is 78.2 cm³/mol. The summed E-state index contributed by atoms with van der Waals surface area (Å²) in [6.45, 7) is 4.64. The van der Waals surface area contributed by atoms with E-state index >= 15 is 0 Å². The average Bonchev–Trinajstić information content (AvgIpc) is 2.83. The van der Waals surface area contributed by atoms with Gasteiger partial charge in [0.25, 0.3) is 0 Å². The highest BCUT2D eigenvalue weighted by molar-refractivity contribution is 5.84. The Bertz CT molecular complexity index is 512. The molecular formula is C16H21NO4. The van der Waals surface area contributed by atoms with Gasteiger partial charge in [-0.2, -0.15) is 0 Å². The summed E-state index contributed by atoms with van der Waals surface area (Å²) in [5.41, 5.74) is 1.15. The first-order chi connectivity index (χ1) is 9.99. The Balaban J connectivity index is 1.84. The number of rotatable bonds is 5. The van der Waals surface area contributed by atoms with Crippen LogP contribution in [0.4, 0.5) is 0 Å². The Hall–Kier alpha value is -2.04. The number of carbonyl (C=O) groups is 2. The van der Waals surface area contributed by atoms with Crippen molar-refractivity contribution in [2.45, 2.75) is 32.7 Å². The second-order valence-corrected chi connectivity index (χ2v) is 5.55. The number of hydrogen-bond acceptors (Lipinski definition) is 3. The van der Waals surface area contributed by atoms with Crippen LogP contribution in [0.25, 0.3) is 0 Å². The van der Waals surface area contributed by atoms with Crippen molar-refractivity contribution in [2.24, 2.45) is 5.92 Å². The first-order valence-electron chi connectivity index (χ1n) is 7.21. The summed E-state index contributed by atoms with van der Waals surface area (Å²) in [5, 5.41) is 9.21. The van der Waals surface area contributed by atoms with E-state index in [2.05, 4.69) is 0 Å². The molecule has 21 heavy (non-hydrogen) atoms. The van der Waals surface area contributed by atoms with Gasteiger partial charge in [-0.05, 0) is 31.4 Å². The van der Waals surface area contributed by atoms with Gasteiger partial charge in [0, 0.05) is 6.54 Å². The fourth-order valence-corrected chi connectivity index (χ4v) is 2.64. The van der Waals surface area contributed by atoms with Gasteiger partial charge in [-0.1, -0.05) is 24.6 Å². The van der Waals surface area contributed by atoms with Crippen LogP contribution in [-0.2, 0) is 9.59 Å². The molecule has 0 bridgehead atoms. The second-order valence-electron chi connectivity index (χ2n) is 5.55. The van der Waals surface area contributed by atoms with Gasteiger partial charge in [-0.25, -0.2) is 4.79 Å². The molecule has 0 spiro atoms. The summed E-state index contributed by atoms with van der Waals surface area (Å²) >= 11 is 0. The SMILES string of the molecule is Cc1ccc(OCCC(=O)N2CCC(C)C2C(=O)O)cc1. The molecule has 2 rings (SSSR count). The molecule has 1 aliphatic rings. The maximum absolute atomic E-state index is 12.1. The number of amides is 1. The third-order valence-electron chi connectivity index (χ3n) is 3.88. The molecular weight excluding hydrogens is 270 g/mol. The van der Waals surface area contributed by atoms with E-state index in [1.54, 1.807) is 0 Å². The molecule has 1 amide bonds. The molecule has 0 saturated carbocycles. The molecule has 0 aromatic heterocycles. The first-order valence-corrected chi connectivity index (χ1v) is 7.21. The first kappa shape index (κ1) is 15.4. The number of nitrogens with zero attached hydrogens (tertiary/aromatic N) is 1. The molecule has 1 fully saturated rings. The maximum Gasteiger partial charge on any atom is 0.326 e. The smallest absolute Gasteiger partial charge is 0.326 e. The van der Waals surface area contributed by atoms with Crippen LogP contribution in [0.5, 0.6) is 5.75 Å². The second kappa shape index (κ2) is 6.61. The van der Waals surface area contributed by atoms with E-state index in [1.807, 2.05) is 38.1 Å². The minimum atomic E-state index is -0.923. The Morgan fingerprint density at radius 3 is 2.62 bits per heavy atom. The van der Waals surface area contributed by atoms with Crippen LogP contribution in [0.3, 0.4) is 0 Å². The van der Waals surface area contributed by atoms with Crippen molar-refractivity contribution in [1.82, 2.24) is 4.90 Å². The lowest BCUT2D eigenvalue weighted by atomic mass is 10.0. The molecule has 1 N–H and O–H groups in total. The Labute approximate surface area is 124 Å². The lowest BCUT2D eigenvalue weighted by Crippen LogP contribution is -2.43. The summed E-state index contributed by atoms with van der Waals surface area (Å²) in [7, 11) is 0. The number of benzene rings is 1. The number of aliphatic carboxylic acids is 1. The van der Waals surface area contributed by atoms with Gasteiger partial charge in [-0.15, -0.1) is 0 Å². The van der Waals surface area contributed by atoms with Crippen molar-refractivity contribution in [3.05, 3.63) is 29.8 Å². The molecule has 1 aromatic carbocycles. The normalized spacial score (nSPS) is 21.3. The molecule has 2 atom stereocenters. The van der Waals surface area contributed by atoms with E-state index in [0.717, 1.165) is 17.7 Å². The lowest BCUT2D eigenvalue weighted by molar-refractivity contribution is -0.149. The third-order valence-corrected chi connectivity index (χ3v) is 3.88. The molecule has 114 valence electrons. The van der Waals surface area contributed by atoms with Crippen molar-refractivity contribution in [2.75, 3.05) is 13.2 Å². The zero-order valence-corrected chi connectivity index (χ0v) is 12.4. The van der Waals surface area contributed by atoms with E-state index < -0.39 is 12.0 Å². The van der Waals surface area contributed by atoms with Crippen molar-refractivity contribution >= 4 is 11.9 Å². The van der Waals surface area contributed by atoms with Gasteiger partial charge in [-0.3, -0.25) is 4.79 Å². The lowest BCUT2D eigenvalue weighted by Gasteiger charge is -2.23. The standard InChI is InChI=1S/C16H21NO4/c1-11-3-5-13(6-4-11)21-10-8-14(18)17-9-7-12(2)15(17)16(19)20/h3-6,12,15H,7-10H2,1-2H3,(H,19,20). The van der Waals surface area contributed by atoms with Crippen LogP contribution >= 0.6 is 0 Å². The number of aryl methyl sites for hydroxylation is 1. The van der Waals surface area contributed by atoms with Crippen LogP contribution in [-0.4, -0.2) is 41.1 Å². The molecule has 1 saturated heterocycles. The van der Waals surface area contributed by atoms with Gasteiger partial charge in [0.15, 0.2) is 0 Å². The quantitative estimate of drug-likeness (QED) is 0.902. The number of carboxylic acid groups (broad SMARTS) is 1. The molecule has 5 nitrogen and oxygen atoms in total. The fraction of sp³-hybridized carbons (Fsp3) is 0.500. The minimum absolute atomic E-state index is 0.00414. The average molecular weight is 291 g/mol. The van der Waals surface area contributed by atoms with E-state index in [1.165, 1.54) is 4.90 Å². The Morgan fingerprint density at radius 1 is 1.33 bits per heavy atom. The molecule has 1 aliphatic heterocycles. The molecule has 0 radical (unpaired) electrons. The number of carbonyl (C=O) groups excluding carboxylic acids is 1. The van der Waals surface area contributed by atoms with Crippen LogP contribution in [0.15, 0.2) is 24.3 Å². The van der Waals surface area contributed by atoms with E-state index in [9.17, 15) is 14.7 Å². The fourth-order valence-electron chi connectivity index (χ4n) is 2.64. The monoisotopic (exact) mass is 291 g/mol. The van der Waals surface area contributed by atoms with Crippen molar-refractivity contribution < 1.29 is 19.4 Å². The summed E-state index contributed by atoms with van der Waals surface area (Å²) in [5.74, 6) is -0.353. The van der Waals surface area contributed by atoms with Crippen LogP contribution in [0.1, 0.15) is 25.3 Å². The highest BCUT2D eigenvalue weighted by atomic mass is 16.5. The number of carboxylic acids is 1. The van der Waals surface area contributed by atoms with Crippen molar-refractivity contribution in [3.63, 3.8) is 0 Å². The van der Waals surface area contributed by atoms with Gasteiger partial charge in [0.2, 0.25) is 5.91 Å². The molecule has 2 unspecified atom stereocenters. The molecule has 5 heteroatoms. The third kappa shape index (κ3) is 3.74. The van der Waals surface area contributed by atoms with Crippen LogP contribution in [0.2, 0.25) is 0 Å². The van der Waals surface area contributed by atoms with E-state index in [4.69, 9.17) is 4.74 Å². The number of ether oxygens (including phenoxy) is 1. The predicted octanol–water partition coefficient (Wildman–Crippen LogP) is 2.09. The zero-order valence-electron chi connectivity index (χ0n) is 12.4. The Kier molecular flexibility index (Phi) is 4.83. The van der Waals surface area contributed by atoms with Crippen molar-refractivity contribution in [3.8, 4) is 5.75 Å². The summed E-state index contributed by atoms with van der Waals surface area (Å²) < 4.78 is 5.52. The van der Waals surface area contributed by atoms with E-state index in [0.29, 0.717) is 6.54 Å². The highest BCUT2D eigenvalue weighted by Crippen LogP contribution is 2.24. The largest absolute Gasteiger partial charge is 0.493 e.